The van der Waals surface area contributed by atoms with E-state index in [1.807, 2.05) is 6.07 Å². The number of carboxylic acids is 3. The van der Waals surface area contributed by atoms with Crippen molar-refractivity contribution in [3.8, 4) is 0 Å². The molecule has 5 rings (SSSR count). The number of aromatic nitrogens is 2. The molecule has 5 N–H and O–H groups in total. The largest absolute Gasteiger partial charge is 0.479 e. The molecule has 0 saturated heterocycles. The molecule has 1 aliphatic rings. The molecule has 0 radical (unpaired) electrons. The van der Waals surface area contributed by atoms with Crippen molar-refractivity contribution in [2.75, 3.05) is 5.32 Å². The van der Waals surface area contributed by atoms with E-state index in [4.69, 9.17) is 10.2 Å². The first-order chi connectivity index (χ1) is 21.8. The van der Waals surface area contributed by atoms with Crippen molar-refractivity contribution < 1.29 is 43.8 Å². The quantitative estimate of drug-likeness (QED) is 0.0950. The van der Waals surface area contributed by atoms with Crippen molar-refractivity contribution >= 4 is 35.1 Å². The fourth-order valence-electron chi connectivity index (χ4n) is 4.17. The number of carbonyl (C=O) groups excluding carboxylic acids is 1. The van der Waals surface area contributed by atoms with Gasteiger partial charge in [-0.15, -0.1) is 0 Å². The van der Waals surface area contributed by atoms with E-state index in [0.29, 0.717) is 22.4 Å². The predicted octanol–water partition coefficient (Wildman–Crippen LogP) is 5.36. The number of carboxylic acid groups (broad SMARTS) is 3. The van der Waals surface area contributed by atoms with Crippen LogP contribution < -0.4 is 5.32 Å². The molecule has 1 aromatic heterocycles. The molecule has 0 fully saturated rings. The summed E-state index contributed by atoms with van der Waals surface area (Å²) in [6, 6.07) is 19.6. The van der Waals surface area contributed by atoms with Crippen LogP contribution in [0.3, 0.4) is 0 Å². The van der Waals surface area contributed by atoms with Gasteiger partial charge in [-0.05, 0) is 55.5 Å². The Balaban J connectivity index is 0.000000205. The standard InChI is InChI=1S/C15H14FNO4.C13H9NO3.C4H4N2O2/c1-9-6-10(13(18)19)8-15(7-9,14(20)21)17-12-4-2-11(16)3-5-12;15-13(10-4-2-1-3-5-10)11-6-8-12(9-7-11)14(16)17;7-4(8)3-1-5-6-2-3/h2-7,17H,8H2,1H3,(H,18,19)(H,20,21);1-9H;1-2H,(H,5,6)(H,7,8). The lowest BCUT2D eigenvalue weighted by Gasteiger charge is -2.32. The van der Waals surface area contributed by atoms with Gasteiger partial charge in [0.15, 0.2) is 11.3 Å². The lowest BCUT2D eigenvalue weighted by molar-refractivity contribution is -0.384. The molecule has 1 heterocycles. The number of halogens is 1. The number of nitro benzene ring substituents is 1. The predicted molar refractivity (Wildman–Crippen MR) is 163 cm³/mol. The van der Waals surface area contributed by atoms with Crippen molar-refractivity contribution in [1.29, 1.82) is 0 Å². The smallest absolute Gasteiger partial charge is 0.338 e. The van der Waals surface area contributed by atoms with Crippen molar-refractivity contribution in [3.05, 3.63) is 147 Å². The Labute approximate surface area is 260 Å². The normalized spacial score (nSPS) is 14.9. The zero-order valence-corrected chi connectivity index (χ0v) is 24.1. The average molecular weight is 631 g/mol. The maximum atomic E-state index is 12.9. The lowest BCUT2D eigenvalue weighted by atomic mass is 9.83. The zero-order chi connectivity index (χ0) is 33.9. The number of anilines is 1. The number of nitrogens with zero attached hydrogens (tertiary/aromatic N) is 2. The summed E-state index contributed by atoms with van der Waals surface area (Å²) in [7, 11) is 0. The fraction of sp³-hybridized carbons (Fsp3) is 0.0938. The highest BCUT2D eigenvalue weighted by molar-refractivity contribution is 6.09. The molecule has 0 bridgehead atoms. The third-order valence-corrected chi connectivity index (χ3v) is 6.33. The maximum Gasteiger partial charge on any atom is 0.338 e. The number of rotatable bonds is 8. The molecular weight excluding hydrogens is 603 g/mol. The Hall–Kier alpha value is -6.44. The van der Waals surface area contributed by atoms with Crippen LogP contribution in [-0.2, 0) is 9.59 Å². The van der Waals surface area contributed by atoms with Gasteiger partial charge in [0.1, 0.15) is 5.82 Å². The van der Waals surface area contributed by atoms with E-state index in [0.717, 1.165) is 0 Å². The summed E-state index contributed by atoms with van der Waals surface area (Å²) in [5, 5.41) is 45.9. The number of benzene rings is 3. The number of non-ortho nitro benzene ring substituents is 1. The second kappa shape index (κ2) is 15.3. The monoisotopic (exact) mass is 630 g/mol. The highest BCUT2D eigenvalue weighted by Crippen LogP contribution is 2.31. The number of ketones is 1. The van der Waals surface area contributed by atoms with Crippen LogP contribution in [0.25, 0.3) is 0 Å². The molecule has 0 amide bonds. The van der Waals surface area contributed by atoms with Crippen LogP contribution in [0.1, 0.15) is 39.6 Å². The van der Waals surface area contributed by atoms with E-state index in [1.165, 1.54) is 73.1 Å². The number of aromatic carboxylic acids is 1. The van der Waals surface area contributed by atoms with Crippen LogP contribution >= 0.6 is 0 Å². The number of H-pyrrole nitrogens is 1. The molecule has 3 aromatic carbocycles. The number of aromatic amines is 1. The van der Waals surface area contributed by atoms with Crippen molar-refractivity contribution in [2.45, 2.75) is 18.9 Å². The molecule has 14 heteroatoms. The van der Waals surface area contributed by atoms with E-state index in [1.54, 1.807) is 31.2 Å². The maximum absolute atomic E-state index is 12.9. The Kier molecular flexibility index (Phi) is 11.4. The summed E-state index contributed by atoms with van der Waals surface area (Å²) in [6.45, 7) is 1.63. The minimum Gasteiger partial charge on any atom is -0.479 e. The first-order valence-electron chi connectivity index (χ1n) is 13.3. The van der Waals surface area contributed by atoms with Gasteiger partial charge in [0.25, 0.3) is 5.69 Å². The Morgan fingerprint density at radius 2 is 1.50 bits per heavy atom. The SMILES string of the molecule is CC1=CC(Nc2ccc(F)cc2)(C(=O)O)CC(C(=O)O)=C1.O=C(O)c1cn[nH]c1.O=C(c1ccccc1)c1ccc([N+](=O)[O-])cc1. The average Bonchev–Trinajstić information content (AvgIpc) is 3.59. The van der Waals surface area contributed by atoms with Gasteiger partial charge in [-0.25, -0.2) is 18.8 Å². The highest BCUT2D eigenvalue weighted by atomic mass is 19.1. The number of hydrogen-bond acceptors (Lipinski definition) is 8. The van der Waals surface area contributed by atoms with Gasteiger partial charge in [-0.1, -0.05) is 35.9 Å². The van der Waals surface area contributed by atoms with Crippen molar-refractivity contribution in [3.63, 3.8) is 0 Å². The molecule has 0 aliphatic heterocycles. The second-order valence-electron chi connectivity index (χ2n) is 9.74. The topological polar surface area (TPSA) is 213 Å². The number of aliphatic carboxylic acids is 2. The fourth-order valence-corrected chi connectivity index (χ4v) is 4.17. The minimum absolute atomic E-state index is 0.00649. The molecule has 13 nitrogen and oxygen atoms in total. The molecule has 236 valence electrons. The van der Waals surface area contributed by atoms with Gasteiger partial charge in [0.2, 0.25) is 0 Å². The third-order valence-electron chi connectivity index (χ3n) is 6.33. The van der Waals surface area contributed by atoms with Gasteiger partial charge < -0.3 is 20.6 Å². The zero-order valence-electron chi connectivity index (χ0n) is 24.1. The van der Waals surface area contributed by atoms with Crippen LogP contribution in [-0.4, -0.2) is 59.7 Å². The summed E-state index contributed by atoms with van der Waals surface area (Å²) in [5.74, 6) is -3.89. The van der Waals surface area contributed by atoms with E-state index in [2.05, 4.69) is 15.5 Å². The molecule has 1 aliphatic carbocycles. The van der Waals surface area contributed by atoms with Gasteiger partial charge >= 0.3 is 17.9 Å². The number of carbonyl (C=O) groups is 4. The second-order valence-corrected chi connectivity index (χ2v) is 9.74. The van der Waals surface area contributed by atoms with Gasteiger partial charge in [-0.2, -0.15) is 5.10 Å². The summed E-state index contributed by atoms with van der Waals surface area (Å²) in [6.07, 6.45) is 5.28. The molecule has 4 aromatic rings. The Morgan fingerprint density at radius 1 is 0.891 bits per heavy atom. The number of nitro groups is 1. The number of hydrogen-bond donors (Lipinski definition) is 5. The van der Waals surface area contributed by atoms with E-state index in [-0.39, 0.29) is 29.0 Å². The first-order valence-corrected chi connectivity index (χ1v) is 13.3. The summed E-state index contributed by atoms with van der Waals surface area (Å²) in [4.78, 5) is 54.7. The molecule has 1 atom stereocenters. The summed E-state index contributed by atoms with van der Waals surface area (Å²) >= 11 is 0. The van der Waals surface area contributed by atoms with Gasteiger partial charge in [0, 0.05) is 47.1 Å². The van der Waals surface area contributed by atoms with Gasteiger partial charge in [0.05, 0.1) is 16.7 Å². The highest BCUT2D eigenvalue weighted by Gasteiger charge is 2.40. The van der Waals surface area contributed by atoms with E-state index < -0.39 is 34.2 Å². The van der Waals surface area contributed by atoms with E-state index >= 15 is 0 Å². The van der Waals surface area contributed by atoms with E-state index in [9.17, 15) is 38.8 Å². The molecule has 0 spiro atoms. The Morgan fingerprint density at radius 3 is 1.98 bits per heavy atom. The Bertz CT molecular complexity index is 1770. The molecule has 46 heavy (non-hydrogen) atoms. The number of nitrogens with one attached hydrogen (secondary N) is 2. The van der Waals surface area contributed by atoms with Crippen LogP contribution in [0.4, 0.5) is 15.8 Å². The summed E-state index contributed by atoms with van der Waals surface area (Å²) in [5.41, 5.74) is 0.560. The van der Waals surface area contributed by atoms with Crippen LogP contribution in [0.15, 0.2) is 115 Å². The summed E-state index contributed by atoms with van der Waals surface area (Å²) < 4.78 is 12.9. The minimum atomic E-state index is -1.57. The van der Waals surface area contributed by atoms with Crippen LogP contribution in [0.5, 0.6) is 0 Å². The van der Waals surface area contributed by atoms with Crippen molar-refractivity contribution in [2.24, 2.45) is 0 Å². The lowest BCUT2D eigenvalue weighted by Crippen LogP contribution is -2.47. The first kappa shape index (κ1) is 34.1. The van der Waals surface area contributed by atoms with Crippen molar-refractivity contribution in [1.82, 2.24) is 10.2 Å². The molecule has 1 unspecified atom stereocenters. The third kappa shape index (κ3) is 9.28. The van der Waals surface area contributed by atoms with Crippen LogP contribution in [0, 0.1) is 15.9 Å². The van der Waals surface area contributed by atoms with Gasteiger partial charge in [-0.3, -0.25) is 20.0 Å². The molecular formula is C32H27FN4O9. The molecule has 0 saturated carbocycles. The number of allylic oxidation sites excluding steroid dienone is 2. The van der Waals surface area contributed by atoms with Crippen LogP contribution in [0.2, 0.25) is 0 Å².